The van der Waals surface area contributed by atoms with Gasteiger partial charge in [0.15, 0.2) is 0 Å². The second-order valence-electron chi connectivity index (χ2n) is 2.52. The minimum Gasteiger partial charge on any atom is -0.452 e. The fourth-order valence-corrected chi connectivity index (χ4v) is 1.40. The number of ether oxygens (including phenoxy) is 1. The number of carbonyl (C=O) groups is 1. The van der Waals surface area contributed by atoms with Crippen LogP contribution in [0.2, 0.25) is 0 Å². The topological polar surface area (TPSA) is 87.7 Å². The van der Waals surface area contributed by atoms with Gasteiger partial charge in [-0.05, 0) is 7.05 Å². The highest BCUT2D eigenvalue weighted by Gasteiger charge is 2.19. The number of nitrogens with zero attached hydrogens (tertiary/aromatic N) is 1. The first-order chi connectivity index (χ1) is 6.44. The molecule has 0 bridgehead atoms. The Balaban J connectivity index is 4.24. The van der Waals surface area contributed by atoms with Gasteiger partial charge in [-0.25, -0.2) is 9.52 Å². The molecule has 0 unspecified atom stereocenters. The molecule has 0 aliphatic rings. The van der Waals surface area contributed by atoms with E-state index in [1.54, 1.807) is 11.8 Å². The highest BCUT2D eigenvalue weighted by Crippen LogP contribution is 1.92. The van der Waals surface area contributed by atoms with Crippen LogP contribution in [0.1, 0.15) is 0 Å². The molecule has 0 aliphatic heterocycles. The van der Waals surface area contributed by atoms with Crippen LogP contribution in [0.3, 0.4) is 0 Å². The van der Waals surface area contributed by atoms with Crippen molar-refractivity contribution in [2.24, 2.45) is 0 Å². The van der Waals surface area contributed by atoms with Crippen LogP contribution in [-0.4, -0.2) is 53.1 Å². The van der Waals surface area contributed by atoms with Crippen LogP contribution >= 0.6 is 0 Å². The van der Waals surface area contributed by atoms with Crippen LogP contribution in [-0.2, 0) is 14.9 Å². The Hall–Kier alpha value is -0.860. The van der Waals surface area contributed by atoms with Crippen molar-refractivity contribution >= 4 is 16.3 Å². The highest BCUT2D eigenvalue weighted by molar-refractivity contribution is 7.87. The van der Waals surface area contributed by atoms with E-state index in [1.165, 1.54) is 7.05 Å². The monoisotopic (exact) mass is 225 g/mol. The average Bonchev–Trinajstić information content (AvgIpc) is 2.13. The zero-order chi connectivity index (χ0) is 11.2. The largest absolute Gasteiger partial charge is 0.452 e. The molecule has 0 aromatic rings. The zero-order valence-electron chi connectivity index (χ0n) is 8.40. The van der Waals surface area contributed by atoms with Crippen molar-refractivity contribution in [3.63, 3.8) is 0 Å². The molecule has 0 rings (SSSR count). The normalized spacial score (nSPS) is 11.4. The lowest BCUT2D eigenvalue weighted by Crippen LogP contribution is -2.43. The molecular weight excluding hydrogens is 210 g/mol. The first kappa shape index (κ1) is 13.1. The first-order valence-corrected chi connectivity index (χ1v) is 5.34. The molecule has 0 radical (unpaired) electrons. The van der Waals surface area contributed by atoms with Crippen molar-refractivity contribution in [3.05, 3.63) is 0 Å². The quantitative estimate of drug-likeness (QED) is 0.609. The number of methoxy groups -OCH3 is 1. The fourth-order valence-electron chi connectivity index (χ4n) is 0.614. The molecule has 0 fully saturated rings. The van der Waals surface area contributed by atoms with Crippen molar-refractivity contribution in [3.8, 4) is 0 Å². The maximum atomic E-state index is 11.3. The Morgan fingerprint density at radius 3 is 2.50 bits per heavy atom. The maximum absolute atomic E-state index is 11.3. The van der Waals surface area contributed by atoms with Crippen LogP contribution in [0.15, 0.2) is 0 Å². The molecule has 0 saturated heterocycles. The number of rotatable bonds is 5. The fraction of sp³-hybridized carbons (Fsp3) is 0.833. The lowest BCUT2D eigenvalue weighted by atomic mass is 10.6. The molecule has 0 aliphatic carbocycles. The minimum atomic E-state index is -3.78. The van der Waals surface area contributed by atoms with Gasteiger partial charge in [-0.2, -0.15) is 12.7 Å². The molecule has 2 N–H and O–H groups in total. The molecule has 0 aromatic heterocycles. The van der Waals surface area contributed by atoms with Gasteiger partial charge in [0.2, 0.25) is 0 Å². The molecule has 0 spiro atoms. The summed E-state index contributed by atoms with van der Waals surface area (Å²) in [5.41, 5.74) is 0. The van der Waals surface area contributed by atoms with Crippen LogP contribution < -0.4 is 10.0 Å². The van der Waals surface area contributed by atoms with Gasteiger partial charge in [-0.15, -0.1) is 0 Å². The van der Waals surface area contributed by atoms with Gasteiger partial charge in [-0.1, -0.05) is 0 Å². The third-order valence-electron chi connectivity index (χ3n) is 1.48. The summed E-state index contributed by atoms with van der Waals surface area (Å²) >= 11 is 0. The predicted molar refractivity (Wildman–Crippen MR) is 51.0 cm³/mol. The molecule has 0 aromatic carbocycles. The number of hydrogen-bond donors (Lipinski definition) is 2. The summed E-state index contributed by atoms with van der Waals surface area (Å²) in [5.74, 6) is 0. The zero-order valence-corrected chi connectivity index (χ0v) is 9.22. The smallest absolute Gasteiger partial charge is 0.421 e. The summed E-state index contributed by atoms with van der Waals surface area (Å²) in [7, 11) is 0.387. The SMILES string of the molecule is CNCCN(C)S(=O)(=O)NC(=O)OC. The standard InChI is InChI=1S/C6H15N3O4S/c1-7-4-5-9(2)14(11,12)8-6(10)13-3/h7H,4-5H2,1-3H3,(H,8,10). The number of hydrogen-bond acceptors (Lipinski definition) is 5. The van der Waals surface area contributed by atoms with Crippen molar-refractivity contribution in [2.75, 3.05) is 34.3 Å². The third-order valence-corrected chi connectivity index (χ3v) is 2.91. The Labute approximate surface area is 83.6 Å². The second kappa shape index (κ2) is 5.78. The van der Waals surface area contributed by atoms with E-state index >= 15 is 0 Å². The molecule has 8 heteroatoms. The van der Waals surface area contributed by atoms with Crippen molar-refractivity contribution < 1.29 is 17.9 Å². The number of carbonyl (C=O) groups excluding carboxylic acids is 1. The summed E-state index contributed by atoms with van der Waals surface area (Å²) < 4.78 is 29.5. The van der Waals surface area contributed by atoms with Crippen LogP contribution in [0.4, 0.5) is 4.79 Å². The van der Waals surface area contributed by atoms with E-state index in [9.17, 15) is 13.2 Å². The van der Waals surface area contributed by atoms with Gasteiger partial charge in [-0.3, -0.25) is 0 Å². The summed E-state index contributed by atoms with van der Waals surface area (Å²) in [6.45, 7) is 0.765. The molecule has 0 atom stereocenters. The summed E-state index contributed by atoms with van der Waals surface area (Å²) in [6.07, 6.45) is -0.999. The van der Waals surface area contributed by atoms with Gasteiger partial charge in [0.1, 0.15) is 0 Å². The van der Waals surface area contributed by atoms with Crippen molar-refractivity contribution in [1.29, 1.82) is 0 Å². The lowest BCUT2D eigenvalue weighted by Gasteiger charge is -2.16. The van der Waals surface area contributed by atoms with E-state index in [-0.39, 0.29) is 6.54 Å². The molecule has 0 heterocycles. The molecule has 7 nitrogen and oxygen atoms in total. The van der Waals surface area contributed by atoms with Crippen LogP contribution in [0.25, 0.3) is 0 Å². The maximum Gasteiger partial charge on any atom is 0.421 e. The van der Waals surface area contributed by atoms with E-state index < -0.39 is 16.3 Å². The average molecular weight is 225 g/mol. The minimum absolute atomic E-state index is 0.267. The Morgan fingerprint density at radius 2 is 2.07 bits per heavy atom. The van der Waals surface area contributed by atoms with E-state index in [1.807, 2.05) is 0 Å². The molecule has 1 amide bonds. The van der Waals surface area contributed by atoms with E-state index in [2.05, 4.69) is 10.1 Å². The third kappa shape index (κ3) is 4.40. The summed E-state index contributed by atoms with van der Waals surface area (Å²) in [5, 5.41) is 2.79. The van der Waals surface area contributed by atoms with Crippen LogP contribution in [0.5, 0.6) is 0 Å². The predicted octanol–water partition coefficient (Wildman–Crippen LogP) is -1.26. The van der Waals surface area contributed by atoms with E-state index in [0.717, 1.165) is 11.4 Å². The molecule has 0 saturated carbocycles. The molecule has 84 valence electrons. The van der Waals surface area contributed by atoms with Gasteiger partial charge < -0.3 is 10.1 Å². The van der Waals surface area contributed by atoms with Gasteiger partial charge >= 0.3 is 16.3 Å². The van der Waals surface area contributed by atoms with Crippen molar-refractivity contribution in [2.45, 2.75) is 0 Å². The highest BCUT2D eigenvalue weighted by atomic mass is 32.2. The number of likely N-dealkylation sites (N-methyl/N-ethyl adjacent to an activating group) is 2. The van der Waals surface area contributed by atoms with Gasteiger partial charge in [0, 0.05) is 20.1 Å². The second-order valence-corrected chi connectivity index (χ2v) is 4.30. The Kier molecular flexibility index (Phi) is 5.43. The number of amides is 1. The number of nitrogens with one attached hydrogen (secondary N) is 2. The molecule has 14 heavy (non-hydrogen) atoms. The Morgan fingerprint density at radius 1 is 1.50 bits per heavy atom. The summed E-state index contributed by atoms with van der Waals surface area (Å²) in [6, 6.07) is 0. The van der Waals surface area contributed by atoms with Gasteiger partial charge in [0.05, 0.1) is 7.11 Å². The van der Waals surface area contributed by atoms with Gasteiger partial charge in [0.25, 0.3) is 0 Å². The lowest BCUT2D eigenvalue weighted by molar-refractivity contribution is 0.177. The van der Waals surface area contributed by atoms with Crippen LogP contribution in [0, 0.1) is 0 Å². The van der Waals surface area contributed by atoms with E-state index in [4.69, 9.17) is 0 Å². The summed E-state index contributed by atoms with van der Waals surface area (Å²) in [4.78, 5) is 10.7. The Bertz CT molecular complexity index is 277. The first-order valence-electron chi connectivity index (χ1n) is 3.90. The van der Waals surface area contributed by atoms with Crippen molar-refractivity contribution in [1.82, 2.24) is 14.3 Å². The molecular formula is C6H15N3O4S. The van der Waals surface area contributed by atoms with E-state index in [0.29, 0.717) is 6.54 Å².